The predicted molar refractivity (Wildman–Crippen MR) is 80.5 cm³/mol. The Kier molecular flexibility index (Phi) is 3.66. The first kappa shape index (κ1) is 13.1. The second-order valence-corrected chi connectivity index (χ2v) is 6.03. The Morgan fingerprint density at radius 2 is 2.10 bits per heavy atom. The summed E-state index contributed by atoms with van der Waals surface area (Å²) in [4.78, 5) is 1.18. The van der Waals surface area contributed by atoms with Gasteiger partial charge in [0.1, 0.15) is 6.33 Å². The molecule has 0 amide bonds. The zero-order valence-corrected chi connectivity index (χ0v) is 12.3. The lowest BCUT2D eigenvalue weighted by Gasteiger charge is -2.16. The second kappa shape index (κ2) is 5.60. The van der Waals surface area contributed by atoms with E-state index in [-0.39, 0.29) is 6.04 Å². The highest BCUT2D eigenvalue weighted by Gasteiger charge is 2.11. The topological polar surface area (TPSA) is 55.6 Å². The Morgan fingerprint density at radius 1 is 1.25 bits per heavy atom. The van der Waals surface area contributed by atoms with E-state index in [4.69, 9.17) is 11.6 Å². The number of thiophene rings is 1. The standard InChI is InChI=1S/C13H12ClN5S/c1-9(12-6-7-13(14)20-12)16-10-4-2-3-5-11(10)19-8-15-17-18-19/h2-9,16H,1H3. The van der Waals surface area contributed by atoms with Crippen LogP contribution in [-0.4, -0.2) is 20.2 Å². The highest BCUT2D eigenvalue weighted by Crippen LogP contribution is 2.30. The molecule has 0 aliphatic heterocycles. The molecule has 0 aliphatic rings. The molecule has 0 radical (unpaired) electrons. The Bertz CT molecular complexity index is 694. The van der Waals surface area contributed by atoms with Crippen LogP contribution in [0.2, 0.25) is 4.34 Å². The summed E-state index contributed by atoms with van der Waals surface area (Å²) >= 11 is 7.55. The summed E-state index contributed by atoms with van der Waals surface area (Å²) in [5.74, 6) is 0. The fourth-order valence-corrected chi connectivity index (χ4v) is 3.00. The molecule has 5 nitrogen and oxygen atoms in total. The molecule has 1 N–H and O–H groups in total. The average Bonchev–Trinajstić information content (AvgIpc) is 3.10. The molecule has 2 aromatic heterocycles. The Balaban J connectivity index is 1.88. The smallest absolute Gasteiger partial charge is 0.143 e. The summed E-state index contributed by atoms with van der Waals surface area (Å²) in [5, 5.41) is 14.7. The molecule has 0 saturated carbocycles. The lowest BCUT2D eigenvalue weighted by atomic mass is 10.2. The number of halogens is 1. The number of rotatable bonds is 4. The van der Waals surface area contributed by atoms with E-state index in [0.717, 1.165) is 15.7 Å². The summed E-state index contributed by atoms with van der Waals surface area (Å²) in [6.45, 7) is 2.10. The second-order valence-electron chi connectivity index (χ2n) is 4.28. The van der Waals surface area contributed by atoms with Crippen LogP contribution >= 0.6 is 22.9 Å². The minimum atomic E-state index is 0.158. The van der Waals surface area contributed by atoms with Crippen LogP contribution in [0.1, 0.15) is 17.8 Å². The molecule has 0 saturated heterocycles. The van der Waals surface area contributed by atoms with Gasteiger partial charge >= 0.3 is 0 Å². The fourth-order valence-electron chi connectivity index (χ4n) is 1.93. The first-order valence-corrected chi connectivity index (χ1v) is 7.27. The number of aromatic nitrogens is 4. The number of benzene rings is 1. The maximum Gasteiger partial charge on any atom is 0.143 e. The maximum atomic E-state index is 5.98. The monoisotopic (exact) mass is 305 g/mol. The number of hydrogen-bond acceptors (Lipinski definition) is 5. The van der Waals surface area contributed by atoms with Crippen molar-refractivity contribution in [2.24, 2.45) is 0 Å². The predicted octanol–water partition coefficient (Wildman–Crippen LogP) is 3.55. The minimum Gasteiger partial charge on any atom is -0.376 e. The van der Waals surface area contributed by atoms with E-state index in [1.807, 2.05) is 36.4 Å². The van der Waals surface area contributed by atoms with Gasteiger partial charge in [-0.2, -0.15) is 4.68 Å². The van der Waals surface area contributed by atoms with Crippen molar-refractivity contribution in [2.75, 3.05) is 5.32 Å². The molecule has 0 aliphatic carbocycles. The third-order valence-corrected chi connectivity index (χ3v) is 4.31. The normalized spacial score (nSPS) is 12.3. The highest BCUT2D eigenvalue weighted by molar-refractivity contribution is 7.16. The number of nitrogens with one attached hydrogen (secondary N) is 1. The number of para-hydroxylation sites is 2. The van der Waals surface area contributed by atoms with Crippen LogP contribution in [0.25, 0.3) is 5.69 Å². The van der Waals surface area contributed by atoms with Crippen molar-refractivity contribution in [1.82, 2.24) is 20.2 Å². The van der Waals surface area contributed by atoms with Gasteiger partial charge in [0.2, 0.25) is 0 Å². The van der Waals surface area contributed by atoms with Crippen LogP contribution in [0.5, 0.6) is 0 Å². The van der Waals surface area contributed by atoms with E-state index in [9.17, 15) is 0 Å². The van der Waals surface area contributed by atoms with Gasteiger partial charge in [0.25, 0.3) is 0 Å². The van der Waals surface area contributed by atoms with Crippen molar-refractivity contribution in [2.45, 2.75) is 13.0 Å². The molecular formula is C13H12ClN5S. The molecule has 1 aromatic carbocycles. The lowest BCUT2D eigenvalue weighted by molar-refractivity contribution is 0.786. The SMILES string of the molecule is CC(Nc1ccccc1-n1cnnn1)c1ccc(Cl)s1. The molecule has 102 valence electrons. The molecule has 7 heteroatoms. The van der Waals surface area contributed by atoms with Gasteiger partial charge in [-0.1, -0.05) is 23.7 Å². The summed E-state index contributed by atoms with van der Waals surface area (Å²) in [5.41, 5.74) is 1.88. The largest absolute Gasteiger partial charge is 0.376 e. The minimum absolute atomic E-state index is 0.158. The summed E-state index contributed by atoms with van der Waals surface area (Å²) in [6.07, 6.45) is 1.58. The van der Waals surface area contributed by atoms with Gasteiger partial charge in [0.05, 0.1) is 21.8 Å². The zero-order chi connectivity index (χ0) is 13.9. The van der Waals surface area contributed by atoms with Crippen molar-refractivity contribution < 1.29 is 0 Å². The van der Waals surface area contributed by atoms with Crippen molar-refractivity contribution in [3.8, 4) is 5.69 Å². The van der Waals surface area contributed by atoms with Crippen LogP contribution in [0, 0.1) is 0 Å². The average molecular weight is 306 g/mol. The van der Waals surface area contributed by atoms with Crippen molar-refractivity contribution >= 4 is 28.6 Å². The van der Waals surface area contributed by atoms with E-state index in [1.54, 1.807) is 22.3 Å². The molecule has 1 atom stereocenters. The van der Waals surface area contributed by atoms with E-state index in [2.05, 4.69) is 27.8 Å². The quantitative estimate of drug-likeness (QED) is 0.801. The van der Waals surface area contributed by atoms with Gasteiger partial charge in [-0.15, -0.1) is 16.4 Å². The van der Waals surface area contributed by atoms with E-state index >= 15 is 0 Å². The van der Waals surface area contributed by atoms with Gasteiger partial charge in [0, 0.05) is 4.88 Å². The van der Waals surface area contributed by atoms with E-state index in [0.29, 0.717) is 0 Å². The number of nitrogens with zero attached hydrogens (tertiary/aromatic N) is 4. The van der Waals surface area contributed by atoms with Crippen LogP contribution in [0.15, 0.2) is 42.7 Å². The molecule has 0 fully saturated rings. The molecule has 0 bridgehead atoms. The first-order valence-electron chi connectivity index (χ1n) is 6.08. The molecule has 1 unspecified atom stereocenters. The highest BCUT2D eigenvalue weighted by atomic mass is 35.5. The summed E-state index contributed by atoms with van der Waals surface area (Å²) in [6, 6.07) is 12.0. The third-order valence-electron chi connectivity index (χ3n) is 2.89. The first-order chi connectivity index (χ1) is 9.74. The number of anilines is 1. The fraction of sp³-hybridized carbons (Fsp3) is 0.154. The van der Waals surface area contributed by atoms with Gasteiger partial charge in [-0.3, -0.25) is 0 Å². The van der Waals surface area contributed by atoms with E-state index < -0.39 is 0 Å². The molecular weight excluding hydrogens is 294 g/mol. The Labute approximate surface area is 125 Å². The molecule has 20 heavy (non-hydrogen) atoms. The van der Waals surface area contributed by atoms with Gasteiger partial charge in [-0.05, 0) is 41.6 Å². The lowest BCUT2D eigenvalue weighted by Crippen LogP contribution is -2.08. The van der Waals surface area contributed by atoms with Crippen LogP contribution in [-0.2, 0) is 0 Å². The van der Waals surface area contributed by atoms with Crippen molar-refractivity contribution in [3.05, 3.63) is 51.9 Å². The van der Waals surface area contributed by atoms with Gasteiger partial charge < -0.3 is 5.32 Å². The van der Waals surface area contributed by atoms with Crippen LogP contribution in [0.4, 0.5) is 5.69 Å². The number of hydrogen-bond donors (Lipinski definition) is 1. The third kappa shape index (κ3) is 2.66. The maximum absolute atomic E-state index is 5.98. The molecule has 3 rings (SSSR count). The van der Waals surface area contributed by atoms with Crippen molar-refractivity contribution in [3.63, 3.8) is 0 Å². The van der Waals surface area contributed by atoms with Gasteiger partial charge in [-0.25, -0.2) is 0 Å². The van der Waals surface area contributed by atoms with Crippen LogP contribution in [0.3, 0.4) is 0 Å². The Hall–Kier alpha value is -1.92. The van der Waals surface area contributed by atoms with Gasteiger partial charge in [0.15, 0.2) is 0 Å². The molecule has 2 heterocycles. The van der Waals surface area contributed by atoms with E-state index in [1.165, 1.54) is 4.88 Å². The molecule has 0 spiro atoms. The summed E-state index contributed by atoms with van der Waals surface area (Å²) < 4.78 is 2.43. The zero-order valence-electron chi connectivity index (χ0n) is 10.7. The van der Waals surface area contributed by atoms with Crippen molar-refractivity contribution in [1.29, 1.82) is 0 Å². The molecule has 3 aromatic rings. The summed E-state index contributed by atoms with van der Waals surface area (Å²) in [7, 11) is 0. The Morgan fingerprint density at radius 3 is 2.80 bits per heavy atom. The number of tetrazole rings is 1. The van der Waals surface area contributed by atoms with Crippen LogP contribution < -0.4 is 5.32 Å².